The van der Waals surface area contributed by atoms with Gasteiger partial charge in [0.25, 0.3) is 10.2 Å². The third-order valence-corrected chi connectivity index (χ3v) is 2.91. The number of pyridine rings is 1. The van der Waals surface area contributed by atoms with Crippen molar-refractivity contribution in [1.29, 1.82) is 0 Å². The fourth-order valence-electron chi connectivity index (χ4n) is 1.11. The van der Waals surface area contributed by atoms with Crippen LogP contribution in [-0.2, 0) is 10.2 Å². The van der Waals surface area contributed by atoms with Gasteiger partial charge in [-0.1, -0.05) is 0 Å². The van der Waals surface area contributed by atoms with E-state index >= 15 is 0 Å². The highest BCUT2D eigenvalue weighted by Crippen LogP contribution is 2.09. The molecule has 0 aliphatic rings. The number of nitrogens with zero attached hydrogens (tertiary/aromatic N) is 1. The number of aromatic carboxylic acids is 1. The Hall–Kier alpha value is -1.67. The molecule has 1 rings (SSSR count). The van der Waals surface area contributed by atoms with Gasteiger partial charge in [-0.3, -0.25) is 4.72 Å². The molecule has 0 saturated heterocycles. The van der Waals surface area contributed by atoms with Gasteiger partial charge < -0.3 is 5.11 Å². The summed E-state index contributed by atoms with van der Waals surface area (Å²) in [6, 6.07) is 2.25. The van der Waals surface area contributed by atoms with Gasteiger partial charge in [0.05, 0.1) is 5.69 Å². The van der Waals surface area contributed by atoms with Crippen molar-refractivity contribution in [3.63, 3.8) is 0 Å². The second-order valence-electron chi connectivity index (χ2n) is 3.61. The van der Waals surface area contributed by atoms with Crippen molar-refractivity contribution in [2.45, 2.75) is 19.9 Å². The third-order valence-electron chi connectivity index (χ3n) is 1.62. The molecule has 3 N–H and O–H groups in total. The zero-order chi connectivity index (χ0) is 13.1. The molecule has 0 bridgehead atoms. The van der Waals surface area contributed by atoms with Crippen LogP contribution in [0.2, 0.25) is 0 Å². The van der Waals surface area contributed by atoms with E-state index in [1.807, 2.05) is 0 Å². The average molecular weight is 259 g/mol. The van der Waals surface area contributed by atoms with Gasteiger partial charge in [-0.2, -0.15) is 13.1 Å². The fraction of sp³-hybridized carbons (Fsp3) is 0.333. The summed E-state index contributed by atoms with van der Waals surface area (Å²) in [7, 11) is -3.70. The van der Waals surface area contributed by atoms with Gasteiger partial charge >= 0.3 is 5.97 Å². The van der Waals surface area contributed by atoms with E-state index in [4.69, 9.17) is 5.11 Å². The van der Waals surface area contributed by atoms with E-state index < -0.39 is 16.2 Å². The minimum absolute atomic E-state index is 0.144. The molecule has 0 aliphatic carbocycles. The summed E-state index contributed by atoms with van der Waals surface area (Å²) in [5, 5.41) is 8.70. The lowest BCUT2D eigenvalue weighted by molar-refractivity contribution is 0.0690. The standard InChI is InChI=1S/C9H13N3O4S/c1-6(2)11-17(15,16)12-7-3-4-10-8(5-7)9(13)14/h3-6,11H,1-2H3,(H,10,12)(H,13,14). The molecule has 0 fully saturated rings. The van der Waals surface area contributed by atoms with Crippen LogP contribution >= 0.6 is 0 Å². The van der Waals surface area contributed by atoms with E-state index in [0.29, 0.717) is 0 Å². The Morgan fingerprint density at radius 1 is 1.47 bits per heavy atom. The Balaban J connectivity index is 2.89. The van der Waals surface area contributed by atoms with E-state index in [2.05, 4.69) is 14.4 Å². The highest BCUT2D eigenvalue weighted by molar-refractivity contribution is 7.90. The molecule has 0 radical (unpaired) electrons. The molecular weight excluding hydrogens is 246 g/mol. The molecule has 0 atom stereocenters. The number of rotatable bonds is 5. The molecule has 8 heteroatoms. The Kier molecular flexibility index (Phi) is 4.02. The van der Waals surface area contributed by atoms with E-state index in [0.717, 1.165) is 6.07 Å². The number of carboxylic acids is 1. The number of hydrogen-bond donors (Lipinski definition) is 3. The van der Waals surface area contributed by atoms with Crippen molar-refractivity contribution in [2.75, 3.05) is 4.72 Å². The van der Waals surface area contributed by atoms with E-state index in [1.54, 1.807) is 13.8 Å². The number of carbonyl (C=O) groups is 1. The van der Waals surface area contributed by atoms with Crippen molar-refractivity contribution >= 4 is 21.9 Å². The molecule has 7 nitrogen and oxygen atoms in total. The zero-order valence-corrected chi connectivity index (χ0v) is 10.2. The SMILES string of the molecule is CC(C)NS(=O)(=O)Nc1ccnc(C(=O)O)c1. The number of nitrogens with one attached hydrogen (secondary N) is 2. The van der Waals surface area contributed by atoms with Crippen molar-refractivity contribution in [3.8, 4) is 0 Å². The van der Waals surface area contributed by atoms with Crippen molar-refractivity contribution in [2.24, 2.45) is 0 Å². The molecule has 0 saturated carbocycles. The quantitative estimate of drug-likeness (QED) is 0.710. The largest absolute Gasteiger partial charge is 0.477 e. The van der Waals surface area contributed by atoms with Gasteiger partial charge in [-0.15, -0.1) is 0 Å². The zero-order valence-electron chi connectivity index (χ0n) is 9.34. The summed E-state index contributed by atoms with van der Waals surface area (Å²) in [5.74, 6) is -1.22. The molecule has 1 aromatic heterocycles. The van der Waals surface area contributed by atoms with Crippen LogP contribution in [0.5, 0.6) is 0 Å². The second kappa shape index (κ2) is 5.11. The first-order chi connectivity index (χ1) is 7.80. The smallest absolute Gasteiger partial charge is 0.354 e. The number of anilines is 1. The predicted molar refractivity (Wildman–Crippen MR) is 62.0 cm³/mol. The van der Waals surface area contributed by atoms with E-state index in [-0.39, 0.29) is 17.4 Å². The molecule has 0 aromatic carbocycles. The first-order valence-electron chi connectivity index (χ1n) is 4.79. The summed E-state index contributed by atoms with van der Waals surface area (Å²) < 4.78 is 27.5. The van der Waals surface area contributed by atoms with Crippen LogP contribution in [0.1, 0.15) is 24.3 Å². The summed E-state index contributed by atoms with van der Waals surface area (Å²) in [6.45, 7) is 3.35. The highest BCUT2D eigenvalue weighted by atomic mass is 32.2. The highest BCUT2D eigenvalue weighted by Gasteiger charge is 2.12. The Labute approximate surface area is 99.1 Å². The molecule has 0 aliphatic heterocycles. The second-order valence-corrected chi connectivity index (χ2v) is 5.06. The molecule has 94 valence electrons. The molecule has 1 aromatic rings. The lowest BCUT2D eigenvalue weighted by atomic mass is 10.3. The van der Waals surface area contributed by atoms with Gasteiger partial charge in [0.1, 0.15) is 5.69 Å². The molecule has 0 amide bonds. The molecular formula is C9H13N3O4S. The van der Waals surface area contributed by atoms with Gasteiger partial charge in [-0.25, -0.2) is 9.78 Å². The van der Waals surface area contributed by atoms with Crippen LogP contribution in [0.15, 0.2) is 18.3 Å². The minimum atomic E-state index is -3.70. The Morgan fingerprint density at radius 2 is 2.12 bits per heavy atom. The van der Waals surface area contributed by atoms with Gasteiger partial charge in [0, 0.05) is 12.2 Å². The maximum atomic E-state index is 11.5. The van der Waals surface area contributed by atoms with Crippen molar-refractivity contribution in [3.05, 3.63) is 24.0 Å². The number of aromatic nitrogens is 1. The van der Waals surface area contributed by atoms with Crippen LogP contribution in [0, 0.1) is 0 Å². The molecule has 1 heterocycles. The topological polar surface area (TPSA) is 108 Å². The Bertz CT molecular complexity index is 513. The predicted octanol–water partition coefficient (Wildman–Crippen LogP) is 0.434. The van der Waals surface area contributed by atoms with Crippen LogP contribution in [0.3, 0.4) is 0 Å². The van der Waals surface area contributed by atoms with Crippen LogP contribution in [0.4, 0.5) is 5.69 Å². The van der Waals surface area contributed by atoms with E-state index in [9.17, 15) is 13.2 Å². The summed E-state index contributed by atoms with van der Waals surface area (Å²) >= 11 is 0. The fourth-order valence-corrected chi connectivity index (χ4v) is 2.22. The van der Waals surface area contributed by atoms with Gasteiger partial charge in [-0.05, 0) is 26.0 Å². The number of carboxylic acid groups (broad SMARTS) is 1. The monoisotopic (exact) mass is 259 g/mol. The van der Waals surface area contributed by atoms with Crippen LogP contribution in [0.25, 0.3) is 0 Å². The first-order valence-corrected chi connectivity index (χ1v) is 6.28. The summed E-state index contributed by atoms with van der Waals surface area (Å²) in [6.07, 6.45) is 1.22. The maximum Gasteiger partial charge on any atom is 0.354 e. The maximum absolute atomic E-state index is 11.5. The minimum Gasteiger partial charge on any atom is -0.477 e. The lowest BCUT2D eigenvalue weighted by Gasteiger charge is -2.11. The lowest BCUT2D eigenvalue weighted by Crippen LogP contribution is -2.35. The molecule has 17 heavy (non-hydrogen) atoms. The van der Waals surface area contributed by atoms with Crippen molar-refractivity contribution < 1.29 is 18.3 Å². The van der Waals surface area contributed by atoms with Crippen LogP contribution < -0.4 is 9.44 Å². The third kappa shape index (κ3) is 4.37. The van der Waals surface area contributed by atoms with Gasteiger partial charge in [0.2, 0.25) is 0 Å². The molecule has 0 unspecified atom stereocenters. The Morgan fingerprint density at radius 3 is 2.65 bits per heavy atom. The van der Waals surface area contributed by atoms with Crippen molar-refractivity contribution in [1.82, 2.24) is 9.71 Å². The summed E-state index contributed by atoms with van der Waals surface area (Å²) in [4.78, 5) is 14.2. The van der Waals surface area contributed by atoms with Crippen LogP contribution in [-0.4, -0.2) is 30.5 Å². The normalized spacial score (nSPS) is 11.5. The molecule has 0 spiro atoms. The number of hydrogen-bond acceptors (Lipinski definition) is 4. The first kappa shape index (κ1) is 13.4. The summed E-state index contributed by atoms with van der Waals surface area (Å²) in [5.41, 5.74) is -0.0831. The average Bonchev–Trinajstić information content (AvgIpc) is 2.14. The van der Waals surface area contributed by atoms with E-state index in [1.165, 1.54) is 12.3 Å². The van der Waals surface area contributed by atoms with Gasteiger partial charge in [0.15, 0.2) is 0 Å².